The molecule has 0 aromatic heterocycles. The zero-order chi connectivity index (χ0) is 13.4. The third-order valence-electron chi connectivity index (χ3n) is 4.89. The third kappa shape index (κ3) is 4.54. The van der Waals surface area contributed by atoms with E-state index in [0.29, 0.717) is 5.92 Å². The molecule has 1 saturated carbocycles. The number of carbonyl (C=O) groups is 1. The topological polar surface area (TPSA) is 17.1 Å². The summed E-state index contributed by atoms with van der Waals surface area (Å²) in [4.78, 5) is 11.1. The minimum atomic E-state index is -1.98. The summed E-state index contributed by atoms with van der Waals surface area (Å²) in [5, 5.41) is 0. The van der Waals surface area contributed by atoms with Crippen molar-refractivity contribution in [3.63, 3.8) is 0 Å². The average Bonchev–Trinajstić information content (AvgIpc) is 3.18. The van der Waals surface area contributed by atoms with Gasteiger partial charge >= 0.3 is 118 Å². The second kappa shape index (κ2) is 8.60. The number of aldehydes is 1. The molecule has 0 aromatic carbocycles. The van der Waals surface area contributed by atoms with Crippen LogP contribution in [0.2, 0.25) is 17.2 Å². The molecule has 0 saturated heterocycles. The van der Waals surface area contributed by atoms with Gasteiger partial charge in [-0.1, -0.05) is 0 Å². The Morgan fingerprint density at radius 1 is 0.944 bits per heavy atom. The molecule has 0 N–H and O–H groups in total. The Morgan fingerprint density at radius 3 is 1.67 bits per heavy atom. The van der Waals surface area contributed by atoms with Gasteiger partial charge in [-0.25, -0.2) is 0 Å². The maximum absolute atomic E-state index is 11.1. The molecule has 1 aliphatic rings. The second-order valence-electron chi connectivity index (χ2n) is 6.32. The fourth-order valence-electron chi connectivity index (χ4n) is 3.59. The molecule has 0 bridgehead atoms. The summed E-state index contributed by atoms with van der Waals surface area (Å²) in [6, 6.07) is 0. The number of unbranched alkanes of at least 4 members (excludes halogenated alkanes) is 3. The van der Waals surface area contributed by atoms with Crippen LogP contribution in [0.1, 0.15) is 65.7 Å². The van der Waals surface area contributed by atoms with Crippen molar-refractivity contribution < 1.29 is 4.79 Å². The van der Waals surface area contributed by atoms with E-state index in [2.05, 4.69) is 20.8 Å². The van der Waals surface area contributed by atoms with Crippen LogP contribution < -0.4 is 0 Å². The Bertz CT molecular complexity index is 217. The van der Waals surface area contributed by atoms with Gasteiger partial charge in [-0.05, 0) is 0 Å². The second-order valence-corrected chi connectivity index (χ2v) is 20.5. The predicted molar refractivity (Wildman–Crippen MR) is 82.8 cm³/mol. The molecule has 1 rings (SSSR count). The van der Waals surface area contributed by atoms with E-state index in [1.54, 1.807) is 13.3 Å². The molecule has 2 atom stereocenters. The summed E-state index contributed by atoms with van der Waals surface area (Å²) in [6.45, 7) is 6.96. The molecule has 0 aromatic rings. The van der Waals surface area contributed by atoms with Crippen LogP contribution in [0.3, 0.4) is 0 Å². The predicted octanol–water partition coefficient (Wildman–Crippen LogP) is 5.42. The zero-order valence-electron chi connectivity index (χ0n) is 12.7. The van der Waals surface area contributed by atoms with E-state index in [9.17, 15) is 4.79 Å². The molecule has 0 amide bonds. The van der Waals surface area contributed by atoms with Crippen LogP contribution in [0.4, 0.5) is 0 Å². The van der Waals surface area contributed by atoms with Gasteiger partial charge in [0.15, 0.2) is 0 Å². The fourth-order valence-corrected chi connectivity index (χ4v) is 23.0. The Kier molecular flexibility index (Phi) is 7.90. The van der Waals surface area contributed by atoms with Gasteiger partial charge < -0.3 is 0 Å². The summed E-state index contributed by atoms with van der Waals surface area (Å²) in [5.74, 6) is 0.492. The SMILES string of the molecule is CCC[CH2][Sn]([CH2]CCC)([CH2]CCC)[C@@H]1C[C@H]1C=O. The van der Waals surface area contributed by atoms with Gasteiger partial charge in [-0.3, -0.25) is 0 Å². The minimum absolute atomic E-state index is 0.492. The molecule has 1 nitrogen and oxygen atoms in total. The van der Waals surface area contributed by atoms with Crippen molar-refractivity contribution in [3.8, 4) is 0 Å². The summed E-state index contributed by atoms with van der Waals surface area (Å²) in [6.07, 6.45) is 10.9. The quantitative estimate of drug-likeness (QED) is 0.355. The first-order valence-electron chi connectivity index (χ1n) is 8.19. The Hall–Kier alpha value is 0.469. The average molecular weight is 359 g/mol. The van der Waals surface area contributed by atoms with Gasteiger partial charge in [0, 0.05) is 0 Å². The molecule has 0 aliphatic heterocycles. The van der Waals surface area contributed by atoms with Crippen molar-refractivity contribution in [1.29, 1.82) is 0 Å². The summed E-state index contributed by atoms with van der Waals surface area (Å²) in [5.41, 5.74) is 0. The summed E-state index contributed by atoms with van der Waals surface area (Å²) < 4.78 is 5.64. The van der Waals surface area contributed by atoms with Crippen LogP contribution in [0, 0.1) is 5.92 Å². The number of carbonyl (C=O) groups excluding carboxylic acids is 1. The molecule has 0 heterocycles. The standard InChI is InChI=1S/C4H5O.3C4H9.Sn/c5-3-4-1-2-4;3*1-3-4-2;/h1,3-4H,2H2;3*1,3-4H2,2H3;/t4-;;;;/m0..../s1. The van der Waals surface area contributed by atoms with Crippen molar-refractivity contribution in [2.24, 2.45) is 5.92 Å². The monoisotopic (exact) mass is 360 g/mol. The van der Waals surface area contributed by atoms with E-state index in [1.807, 2.05) is 0 Å². The summed E-state index contributed by atoms with van der Waals surface area (Å²) in [7, 11) is 0. The maximum atomic E-state index is 11.1. The van der Waals surface area contributed by atoms with Gasteiger partial charge in [0.25, 0.3) is 0 Å². The van der Waals surface area contributed by atoms with Crippen LogP contribution in [0.25, 0.3) is 0 Å². The molecule has 0 unspecified atom stereocenters. The molecule has 0 radical (unpaired) electrons. The van der Waals surface area contributed by atoms with Crippen molar-refractivity contribution in [1.82, 2.24) is 0 Å². The number of rotatable bonds is 11. The molecule has 1 aliphatic carbocycles. The van der Waals surface area contributed by atoms with Crippen molar-refractivity contribution in [3.05, 3.63) is 0 Å². The first-order valence-corrected chi connectivity index (χ1v) is 15.9. The molecule has 2 heteroatoms. The van der Waals surface area contributed by atoms with Gasteiger partial charge in [0.2, 0.25) is 0 Å². The molecular weight excluding hydrogens is 327 g/mol. The number of hydrogen-bond donors (Lipinski definition) is 0. The Morgan fingerprint density at radius 2 is 1.39 bits per heavy atom. The molecule has 0 spiro atoms. The van der Waals surface area contributed by atoms with E-state index in [0.717, 1.165) is 3.93 Å². The fraction of sp³-hybridized carbons (Fsp3) is 0.938. The number of hydrogen-bond acceptors (Lipinski definition) is 1. The van der Waals surface area contributed by atoms with Crippen LogP contribution in [-0.4, -0.2) is 24.7 Å². The molecule has 106 valence electrons. The van der Waals surface area contributed by atoms with Gasteiger partial charge in [-0.2, -0.15) is 0 Å². The van der Waals surface area contributed by atoms with Crippen LogP contribution in [-0.2, 0) is 4.79 Å². The van der Waals surface area contributed by atoms with Crippen molar-refractivity contribution >= 4 is 24.7 Å². The Labute approximate surface area is 118 Å². The van der Waals surface area contributed by atoms with E-state index in [4.69, 9.17) is 0 Å². The molecular formula is C16H32OSn. The van der Waals surface area contributed by atoms with E-state index in [1.165, 1.54) is 51.2 Å². The van der Waals surface area contributed by atoms with Gasteiger partial charge in [-0.15, -0.1) is 0 Å². The van der Waals surface area contributed by atoms with E-state index < -0.39 is 18.4 Å². The van der Waals surface area contributed by atoms with E-state index >= 15 is 0 Å². The van der Waals surface area contributed by atoms with Crippen molar-refractivity contribution in [2.75, 3.05) is 0 Å². The first-order chi connectivity index (χ1) is 8.74. The summed E-state index contributed by atoms with van der Waals surface area (Å²) >= 11 is -1.98. The van der Waals surface area contributed by atoms with Crippen LogP contribution in [0.5, 0.6) is 0 Å². The normalized spacial score (nSPS) is 23.1. The van der Waals surface area contributed by atoms with Crippen molar-refractivity contribution in [2.45, 2.75) is 83.0 Å². The van der Waals surface area contributed by atoms with Crippen LogP contribution >= 0.6 is 0 Å². The molecule has 1 fully saturated rings. The van der Waals surface area contributed by atoms with E-state index in [-0.39, 0.29) is 0 Å². The molecule has 18 heavy (non-hydrogen) atoms. The zero-order valence-corrected chi connectivity index (χ0v) is 15.6. The van der Waals surface area contributed by atoms with Crippen LogP contribution in [0.15, 0.2) is 0 Å². The third-order valence-corrected chi connectivity index (χ3v) is 22.8. The van der Waals surface area contributed by atoms with Gasteiger partial charge in [0.05, 0.1) is 0 Å². The van der Waals surface area contributed by atoms with Gasteiger partial charge in [0.1, 0.15) is 0 Å². The first kappa shape index (κ1) is 16.5. The Balaban J connectivity index is 2.68.